The van der Waals surface area contributed by atoms with Crippen LogP contribution in [0.1, 0.15) is 34.6 Å². The summed E-state index contributed by atoms with van der Waals surface area (Å²) in [5.74, 6) is -1.54. The molecule has 6 heteroatoms. The fourth-order valence-electron chi connectivity index (χ4n) is 2.37. The molecule has 2 rings (SSSR count). The molecule has 0 bridgehead atoms. The van der Waals surface area contributed by atoms with Crippen molar-refractivity contribution in [2.24, 2.45) is 0 Å². The summed E-state index contributed by atoms with van der Waals surface area (Å²) < 4.78 is 38.5. The summed E-state index contributed by atoms with van der Waals surface area (Å²) in [6.45, 7) is 1.91. The third-order valence-corrected chi connectivity index (χ3v) is 4.25. The summed E-state index contributed by atoms with van der Waals surface area (Å²) in [4.78, 5) is 11.2. The molecule has 0 saturated carbocycles. The normalized spacial score (nSPS) is 12.9. The quantitative estimate of drug-likeness (QED) is 0.765. The lowest BCUT2D eigenvalue weighted by Crippen LogP contribution is -2.10. The van der Waals surface area contributed by atoms with Crippen molar-refractivity contribution in [3.05, 3.63) is 69.2 Å². The minimum absolute atomic E-state index is 0.201. The molecule has 0 amide bonds. The van der Waals surface area contributed by atoms with Crippen molar-refractivity contribution < 1.29 is 23.1 Å². The van der Waals surface area contributed by atoms with Crippen molar-refractivity contribution in [3.63, 3.8) is 0 Å². The first kappa shape index (κ1) is 17.5. The molecule has 1 N–H and O–H groups in total. The summed E-state index contributed by atoms with van der Waals surface area (Å²) in [6, 6.07) is 10.6. The van der Waals surface area contributed by atoms with Gasteiger partial charge in [0, 0.05) is 10.4 Å². The van der Waals surface area contributed by atoms with Gasteiger partial charge in [-0.25, -0.2) is 0 Å². The van der Waals surface area contributed by atoms with Crippen LogP contribution < -0.4 is 0 Å². The zero-order valence-electron chi connectivity index (χ0n) is 12.2. The van der Waals surface area contributed by atoms with Crippen molar-refractivity contribution in [1.29, 1.82) is 0 Å². The Labute approximate surface area is 140 Å². The molecule has 0 radical (unpaired) electrons. The van der Waals surface area contributed by atoms with Gasteiger partial charge in [0.05, 0.1) is 12.0 Å². The van der Waals surface area contributed by atoms with Crippen LogP contribution in [-0.2, 0) is 11.0 Å². The molecular weight excluding hydrogens is 373 g/mol. The van der Waals surface area contributed by atoms with E-state index in [1.54, 1.807) is 12.1 Å². The summed E-state index contributed by atoms with van der Waals surface area (Å²) >= 11 is 3.15. The van der Waals surface area contributed by atoms with Crippen molar-refractivity contribution in [1.82, 2.24) is 0 Å². The predicted molar refractivity (Wildman–Crippen MR) is 84.4 cm³/mol. The third kappa shape index (κ3) is 4.34. The molecule has 0 heterocycles. The first-order valence-electron chi connectivity index (χ1n) is 6.83. The molecule has 122 valence electrons. The van der Waals surface area contributed by atoms with Crippen LogP contribution in [0.5, 0.6) is 0 Å². The maximum Gasteiger partial charge on any atom is 0.416 e. The van der Waals surface area contributed by atoms with Gasteiger partial charge in [-0.1, -0.05) is 51.8 Å². The van der Waals surface area contributed by atoms with Gasteiger partial charge in [-0.3, -0.25) is 4.79 Å². The Kier molecular flexibility index (Phi) is 5.14. The lowest BCUT2D eigenvalue weighted by molar-refractivity contribution is -0.138. The Bertz CT molecular complexity index is 709. The summed E-state index contributed by atoms with van der Waals surface area (Å²) in [6.07, 6.45) is -4.64. The molecule has 0 aliphatic rings. The zero-order chi connectivity index (χ0) is 17.2. The summed E-state index contributed by atoms with van der Waals surface area (Å²) in [5, 5.41) is 9.14. The second-order valence-electron chi connectivity index (χ2n) is 5.30. The molecule has 23 heavy (non-hydrogen) atoms. The van der Waals surface area contributed by atoms with E-state index in [9.17, 15) is 18.0 Å². The van der Waals surface area contributed by atoms with E-state index in [2.05, 4.69) is 15.9 Å². The number of carboxylic acid groups (broad SMARTS) is 1. The van der Waals surface area contributed by atoms with Gasteiger partial charge in [0.15, 0.2) is 0 Å². The molecule has 0 aromatic heterocycles. The number of hydrogen-bond acceptors (Lipinski definition) is 1. The molecule has 0 spiro atoms. The van der Waals surface area contributed by atoms with E-state index in [-0.39, 0.29) is 10.9 Å². The topological polar surface area (TPSA) is 37.3 Å². The van der Waals surface area contributed by atoms with Gasteiger partial charge in [-0.05, 0) is 30.2 Å². The van der Waals surface area contributed by atoms with Gasteiger partial charge in [0.2, 0.25) is 0 Å². The third-order valence-electron chi connectivity index (χ3n) is 3.56. The van der Waals surface area contributed by atoms with Crippen LogP contribution in [0.2, 0.25) is 0 Å². The van der Waals surface area contributed by atoms with Gasteiger partial charge in [0.25, 0.3) is 0 Å². The van der Waals surface area contributed by atoms with Gasteiger partial charge in [-0.2, -0.15) is 13.2 Å². The van der Waals surface area contributed by atoms with Gasteiger partial charge >= 0.3 is 12.1 Å². The fraction of sp³-hybridized carbons (Fsp3) is 0.235. The highest BCUT2D eigenvalue weighted by atomic mass is 79.9. The number of hydrogen-bond donors (Lipinski definition) is 1. The first-order valence-corrected chi connectivity index (χ1v) is 7.63. The maximum atomic E-state index is 12.8. The second-order valence-corrected chi connectivity index (χ2v) is 6.15. The molecule has 0 saturated heterocycles. The monoisotopic (exact) mass is 386 g/mol. The summed E-state index contributed by atoms with van der Waals surface area (Å²) in [7, 11) is 0. The number of carbonyl (C=O) groups is 1. The Morgan fingerprint density at radius 1 is 1.17 bits per heavy atom. The number of aryl methyl sites for hydroxylation is 1. The number of aliphatic carboxylic acids is 1. The minimum atomic E-state index is -4.44. The highest BCUT2D eigenvalue weighted by Gasteiger charge is 2.31. The van der Waals surface area contributed by atoms with E-state index in [1.165, 1.54) is 6.07 Å². The maximum absolute atomic E-state index is 12.8. The Morgan fingerprint density at radius 2 is 1.78 bits per heavy atom. The van der Waals surface area contributed by atoms with E-state index in [0.717, 1.165) is 23.3 Å². The average Bonchev–Trinajstić information content (AvgIpc) is 2.45. The number of alkyl halides is 3. The fourth-order valence-corrected chi connectivity index (χ4v) is 3.02. The molecule has 2 aromatic rings. The highest BCUT2D eigenvalue weighted by Crippen LogP contribution is 2.37. The molecule has 0 aliphatic heterocycles. The molecule has 0 fully saturated rings. The zero-order valence-corrected chi connectivity index (χ0v) is 13.8. The van der Waals surface area contributed by atoms with Crippen molar-refractivity contribution in [2.45, 2.75) is 25.4 Å². The van der Waals surface area contributed by atoms with Crippen molar-refractivity contribution in [2.75, 3.05) is 0 Å². The van der Waals surface area contributed by atoms with Crippen molar-refractivity contribution in [3.8, 4) is 0 Å². The molecule has 0 unspecified atom stereocenters. The first-order chi connectivity index (χ1) is 10.7. The van der Waals surface area contributed by atoms with Crippen LogP contribution in [0.25, 0.3) is 0 Å². The predicted octanol–water partition coefficient (Wildman–Crippen LogP) is 5.38. The van der Waals surface area contributed by atoms with E-state index in [0.29, 0.717) is 5.56 Å². The Morgan fingerprint density at radius 3 is 2.26 bits per heavy atom. The number of carboxylic acids is 1. The summed E-state index contributed by atoms with van der Waals surface area (Å²) in [5.41, 5.74) is 1.52. The Balaban J connectivity index is 2.47. The van der Waals surface area contributed by atoms with Crippen LogP contribution in [-0.4, -0.2) is 11.1 Å². The number of rotatable bonds is 4. The molecular formula is C17H14BrF3O2. The van der Waals surface area contributed by atoms with Gasteiger partial charge in [-0.15, -0.1) is 0 Å². The Hall–Kier alpha value is -1.82. The molecule has 2 nitrogen and oxygen atoms in total. The van der Waals surface area contributed by atoms with Crippen molar-refractivity contribution >= 4 is 21.9 Å². The smallest absolute Gasteiger partial charge is 0.416 e. The SMILES string of the molecule is Cc1ccc([C@@H](CC(=O)O)c2ccc(C(F)(F)F)cc2Br)cc1. The number of benzene rings is 2. The van der Waals surface area contributed by atoms with Crippen LogP contribution in [0.3, 0.4) is 0 Å². The van der Waals surface area contributed by atoms with Crippen LogP contribution >= 0.6 is 15.9 Å². The lowest BCUT2D eigenvalue weighted by atomic mass is 9.87. The molecule has 1 atom stereocenters. The van der Waals surface area contributed by atoms with E-state index < -0.39 is 23.6 Å². The van der Waals surface area contributed by atoms with Crippen LogP contribution in [0, 0.1) is 6.92 Å². The highest BCUT2D eigenvalue weighted by molar-refractivity contribution is 9.10. The molecule has 2 aromatic carbocycles. The van der Waals surface area contributed by atoms with Gasteiger partial charge < -0.3 is 5.11 Å². The minimum Gasteiger partial charge on any atom is -0.481 e. The van der Waals surface area contributed by atoms with E-state index in [4.69, 9.17) is 5.11 Å². The van der Waals surface area contributed by atoms with Crippen LogP contribution in [0.4, 0.5) is 13.2 Å². The average molecular weight is 387 g/mol. The number of halogens is 4. The van der Waals surface area contributed by atoms with Crippen LogP contribution in [0.15, 0.2) is 46.9 Å². The largest absolute Gasteiger partial charge is 0.481 e. The standard InChI is InChI=1S/C17H14BrF3O2/c1-10-2-4-11(5-3-10)14(9-16(22)23)13-7-6-12(8-15(13)18)17(19,20)21/h2-8,14H,9H2,1H3,(H,22,23)/t14-/m1/s1. The van der Waals surface area contributed by atoms with E-state index in [1.807, 2.05) is 19.1 Å². The molecule has 0 aliphatic carbocycles. The second kappa shape index (κ2) is 6.74. The van der Waals surface area contributed by atoms with E-state index >= 15 is 0 Å². The van der Waals surface area contributed by atoms with Gasteiger partial charge in [0.1, 0.15) is 0 Å². The lowest BCUT2D eigenvalue weighted by Gasteiger charge is -2.19.